The van der Waals surface area contributed by atoms with Gasteiger partial charge in [-0.25, -0.2) is 0 Å². The van der Waals surface area contributed by atoms with Crippen molar-refractivity contribution in [3.05, 3.63) is 0 Å². The van der Waals surface area contributed by atoms with Crippen LogP contribution in [-0.4, -0.2) is 80.3 Å². The minimum absolute atomic E-state index is 0.569. The summed E-state index contributed by atoms with van der Waals surface area (Å²) in [5, 5.41) is 0. The van der Waals surface area contributed by atoms with Crippen LogP contribution in [0.25, 0.3) is 0 Å². The molecular formula is C40H70O5S5. The second-order valence-electron chi connectivity index (χ2n) is 18.3. The van der Waals surface area contributed by atoms with E-state index in [4.69, 9.17) is 0 Å². The van der Waals surface area contributed by atoms with Gasteiger partial charge in [0.2, 0.25) is 0 Å². The highest BCUT2D eigenvalue weighted by atomic mass is 32.2. The lowest BCUT2D eigenvalue weighted by molar-refractivity contribution is 0.297. The molecule has 6 aliphatic heterocycles. The first-order chi connectivity index (χ1) is 24.2. The third-order valence-electron chi connectivity index (χ3n) is 14.0. The maximum Gasteiger partial charge on any atom is 0.108 e. The molecule has 5 nitrogen and oxygen atoms in total. The third-order valence-corrected chi connectivity index (χ3v) is 22.5. The van der Waals surface area contributed by atoms with Crippen molar-refractivity contribution in [3.63, 3.8) is 0 Å². The molecule has 11 aliphatic rings. The van der Waals surface area contributed by atoms with Crippen LogP contribution in [0.2, 0.25) is 0 Å². The summed E-state index contributed by atoms with van der Waals surface area (Å²) in [6, 6.07) is 0. The third kappa shape index (κ3) is 13.9. The monoisotopic (exact) mass is 790 g/mol. The molecule has 10 bridgehead atoms. The van der Waals surface area contributed by atoms with Crippen LogP contribution in [0.4, 0.5) is 0 Å². The predicted molar refractivity (Wildman–Crippen MR) is 217 cm³/mol. The normalized spacial score (nSPS) is 47.1. The molecule has 10 heteroatoms. The predicted octanol–water partition coefficient (Wildman–Crippen LogP) is 7.78. The van der Waals surface area contributed by atoms with Gasteiger partial charge in [-0.3, -0.25) is 0 Å². The van der Waals surface area contributed by atoms with Crippen molar-refractivity contribution < 1.29 is 22.8 Å². The molecule has 11 fully saturated rings. The quantitative estimate of drug-likeness (QED) is 0.233. The molecule has 0 amide bonds. The Morgan fingerprint density at radius 1 is 0.180 bits per heavy atom. The number of hydrogen-bond acceptors (Lipinski definition) is 5. The lowest BCUT2D eigenvalue weighted by Crippen LogP contribution is -2.32. The van der Waals surface area contributed by atoms with Crippen LogP contribution in [-0.2, 0) is 55.9 Å². The standard InChI is InChI=1S/C40H70O5S5/c41-46-21-31-1-2-32(4-3-31)22-47(42)24-34-9-11-36(12-10-34)26-49(44)28-38-17-19-40(20-18-38)30-50(45)29-39-15-13-37(14-16-39)27-48(43)25-35-7-5-33(23-46)6-8-35/h31-40H,1-30H2/t31-,32+,33-,34-,35+,36+,37-,38-,39+,40+,46?,47?,48?,49?,50?. The van der Waals surface area contributed by atoms with Crippen molar-refractivity contribution in [2.45, 2.75) is 128 Å². The molecule has 6 saturated heterocycles. The van der Waals surface area contributed by atoms with E-state index in [1.807, 2.05) is 0 Å². The Bertz CT molecular complexity index is 696. The Morgan fingerprint density at radius 2 is 0.260 bits per heavy atom. The fourth-order valence-corrected chi connectivity index (χ4v) is 20.1. The zero-order valence-electron chi connectivity index (χ0n) is 31.1. The smallest absolute Gasteiger partial charge is 0.108 e. The summed E-state index contributed by atoms with van der Waals surface area (Å²) in [6.45, 7) is 0. The largest absolute Gasteiger partial charge is 0.616 e. The van der Waals surface area contributed by atoms with E-state index in [9.17, 15) is 22.8 Å². The van der Waals surface area contributed by atoms with Crippen LogP contribution >= 0.6 is 0 Å². The van der Waals surface area contributed by atoms with Crippen molar-refractivity contribution in [1.82, 2.24) is 0 Å². The second kappa shape index (κ2) is 21.2. The summed E-state index contributed by atoms with van der Waals surface area (Å²) < 4.78 is 65.9. The topological polar surface area (TPSA) is 115 Å². The van der Waals surface area contributed by atoms with Gasteiger partial charge < -0.3 is 22.8 Å². The van der Waals surface area contributed by atoms with Crippen molar-refractivity contribution >= 4 is 55.9 Å². The van der Waals surface area contributed by atoms with Gasteiger partial charge in [-0.1, -0.05) is 55.9 Å². The van der Waals surface area contributed by atoms with Gasteiger partial charge in [0, 0.05) is 59.2 Å². The molecule has 11 rings (SSSR count). The summed E-state index contributed by atoms with van der Waals surface area (Å²) >= 11 is -3.71. The Kier molecular flexibility index (Phi) is 17.4. The first kappa shape index (κ1) is 41.2. The fourth-order valence-electron chi connectivity index (χ4n) is 10.8. The molecule has 0 unspecified atom stereocenters. The summed E-state index contributed by atoms with van der Waals surface area (Å²) in [4.78, 5) is 0. The van der Waals surface area contributed by atoms with E-state index in [1.54, 1.807) is 0 Å². The van der Waals surface area contributed by atoms with Gasteiger partial charge in [0.15, 0.2) is 0 Å². The van der Waals surface area contributed by atoms with Crippen LogP contribution in [0.5, 0.6) is 0 Å². The van der Waals surface area contributed by atoms with E-state index in [0.29, 0.717) is 59.2 Å². The molecule has 50 heavy (non-hydrogen) atoms. The van der Waals surface area contributed by atoms with E-state index in [0.717, 1.165) is 186 Å². The van der Waals surface area contributed by atoms with Crippen LogP contribution in [0.1, 0.15) is 128 Å². The van der Waals surface area contributed by atoms with E-state index >= 15 is 0 Å². The average Bonchev–Trinajstić information content (AvgIpc) is 3.09. The number of fused-ring (bicyclic) bond motifs is 5. The summed E-state index contributed by atoms with van der Waals surface area (Å²) in [5.41, 5.74) is 0. The van der Waals surface area contributed by atoms with Gasteiger partial charge >= 0.3 is 0 Å². The van der Waals surface area contributed by atoms with Crippen molar-refractivity contribution in [3.8, 4) is 0 Å². The summed E-state index contributed by atoms with van der Waals surface area (Å²) in [7, 11) is 0. The molecule has 5 aliphatic carbocycles. The number of rotatable bonds is 0. The van der Waals surface area contributed by atoms with Crippen LogP contribution in [0.15, 0.2) is 0 Å². The van der Waals surface area contributed by atoms with E-state index in [2.05, 4.69) is 0 Å². The molecule has 0 atom stereocenters. The molecule has 6 heterocycles. The minimum atomic E-state index is -0.741. The van der Waals surface area contributed by atoms with Crippen molar-refractivity contribution in [2.75, 3.05) is 57.5 Å². The van der Waals surface area contributed by atoms with Crippen LogP contribution in [0.3, 0.4) is 0 Å². The molecule has 290 valence electrons. The molecule has 0 aromatic rings. The highest BCUT2D eigenvalue weighted by molar-refractivity contribution is 7.92. The van der Waals surface area contributed by atoms with Gasteiger partial charge in [0.05, 0.1) is 0 Å². The summed E-state index contributed by atoms with van der Waals surface area (Å²) in [5.74, 6) is 14.2. The zero-order chi connectivity index (χ0) is 34.9. The molecule has 0 spiro atoms. The second-order valence-corrected chi connectivity index (χ2v) is 26.0. The van der Waals surface area contributed by atoms with Gasteiger partial charge in [-0.05, 0) is 128 Å². The van der Waals surface area contributed by atoms with E-state index in [-0.39, 0.29) is 0 Å². The lowest BCUT2D eigenvalue weighted by atomic mass is 9.84. The number of hydrogen-bond donors (Lipinski definition) is 0. The Labute approximate surface area is 321 Å². The minimum Gasteiger partial charge on any atom is -0.616 e. The Balaban J connectivity index is 0.970. The maximum absolute atomic E-state index is 13.2. The van der Waals surface area contributed by atoms with Gasteiger partial charge in [-0.15, -0.1) is 0 Å². The average molecular weight is 791 g/mol. The van der Waals surface area contributed by atoms with Gasteiger partial charge in [0.25, 0.3) is 0 Å². The Morgan fingerprint density at radius 3 is 0.340 bits per heavy atom. The van der Waals surface area contributed by atoms with E-state index < -0.39 is 55.9 Å². The first-order valence-electron chi connectivity index (χ1n) is 21.0. The van der Waals surface area contributed by atoms with Gasteiger partial charge in [0.1, 0.15) is 57.5 Å². The molecule has 0 radical (unpaired) electrons. The molecular weight excluding hydrogens is 721 g/mol. The first-order valence-corrected chi connectivity index (χ1v) is 28.4. The molecule has 0 aromatic carbocycles. The molecule has 0 N–H and O–H groups in total. The van der Waals surface area contributed by atoms with Gasteiger partial charge in [-0.2, -0.15) is 0 Å². The fraction of sp³-hybridized carbons (Fsp3) is 1.00. The highest BCUT2D eigenvalue weighted by Gasteiger charge is 2.35. The highest BCUT2D eigenvalue weighted by Crippen LogP contribution is 2.38. The van der Waals surface area contributed by atoms with E-state index in [1.165, 1.54) is 0 Å². The maximum atomic E-state index is 13.2. The zero-order valence-corrected chi connectivity index (χ0v) is 35.2. The SMILES string of the molecule is [O-][S+]1C[C@H]2CC[C@H](CC2)C[S+]([O-])C[C@H]2CC[C@H](CC2)C[S+]([O-])C[C@H]2CC[C@H](CC2)C[S+]([O-])C[C@H]2CC[C@H](CC2)C[S+]([O-])C[C@H]2CC[C@H](CC2)C1. The molecule has 0 aromatic heterocycles. The lowest BCUT2D eigenvalue weighted by Gasteiger charge is -2.33. The Hall–Kier alpha value is 1.55. The summed E-state index contributed by atoms with van der Waals surface area (Å²) in [6.07, 6.45) is 23.0. The van der Waals surface area contributed by atoms with Crippen LogP contribution in [0, 0.1) is 59.2 Å². The van der Waals surface area contributed by atoms with Crippen molar-refractivity contribution in [1.29, 1.82) is 0 Å². The van der Waals surface area contributed by atoms with Crippen molar-refractivity contribution in [2.24, 2.45) is 59.2 Å². The molecule has 5 saturated carbocycles. The van der Waals surface area contributed by atoms with Crippen LogP contribution < -0.4 is 0 Å².